The van der Waals surface area contributed by atoms with Crippen molar-refractivity contribution in [3.63, 3.8) is 0 Å². The van der Waals surface area contributed by atoms with E-state index in [1.54, 1.807) is 0 Å². The first-order chi connectivity index (χ1) is 9.06. The van der Waals surface area contributed by atoms with Gasteiger partial charge in [0.1, 0.15) is 11.7 Å². The van der Waals surface area contributed by atoms with E-state index in [1.165, 1.54) is 0 Å². The zero-order valence-corrected chi connectivity index (χ0v) is 11.4. The predicted molar refractivity (Wildman–Crippen MR) is 62.0 cm³/mol. The Morgan fingerprint density at radius 2 is 2.10 bits per heavy atom. The van der Waals surface area contributed by atoms with Crippen molar-refractivity contribution in [2.75, 3.05) is 7.11 Å². The quantitative estimate of drug-likeness (QED) is 0.154. The molecule has 0 aromatic heterocycles. The van der Waals surface area contributed by atoms with Crippen LogP contribution in [-0.4, -0.2) is 72.2 Å². The number of nitrogens with two attached hydrogens (primary N) is 1. The Balaban J connectivity index is 3.06. The van der Waals surface area contributed by atoms with Crippen LogP contribution in [0.25, 0.3) is 0 Å². The van der Waals surface area contributed by atoms with Crippen LogP contribution in [0.2, 0.25) is 0 Å². The highest BCUT2D eigenvalue weighted by Gasteiger charge is 2.60. The number of esters is 1. The summed E-state index contributed by atoms with van der Waals surface area (Å²) >= 11 is 0. The van der Waals surface area contributed by atoms with Crippen LogP contribution < -0.4 is 5.90 Å². The largest absolute Gasteiger partial charge is 0.590 e. The topological polar surface area (TPSA) is 184 Å². The SMILES string of the molecule is COC(=[OH+])[C@@H]1O[C@@H](O)[C@H](OS(=O)(O)=[O+]N)[C@@H](O)[C@]1(C)O. The Kier molecular flexibility index (Phi) is 5.04. The van der Waals surface area contributed by atoms with Crippen molar-refractivity contribution in [3.05, 3.63) is 0 Å². The summed E-state index contributed by atoms with van der Waals surface area (Å²) in [7, 11) is -3.39. The molecular formula is C8H17NO10S+2. The summed E-state index contributed by atoms with van der Waals surface area (Å²) in [5, 5.41) is 29.6. The predicted octanol–water partition coefficient (Wildman–Crippen LogP) is -3.22. The van der Waals surface area contributed by atoms with Crippen molar-refractivity contribution in [3.8, 4) is 0 Å². The number of hydrogen-bond acceptors (Lipinski definition) is 7. The summed E-state index contributed by atoms with van der Waals surface area (Å²) in [5.41, 5.74) is -2.20. The lowest BCUT2D eigenvalue weighted by Gasteiger charge is -2.42. The van der Waals surface area contributed by atoms with E-state index in [0.717, 1.165) is 14.0 Å². The molecule has 0 radical (unpaired) electrons. The maximum absolute atomic E-state index is 11.1. The van der Waals surface area contributed by atoms with E-state index in [0.29, 0.717) is 0 Å². The molecule has 1 aliphatic heterocycles. The lowest BCUT2D eigenvalue weighted by molar-refractivity contribution is -0.294. The Labute approximate surface area is 114 Å². The van der Waals surface area contributed by atoms with Crippen LogP contribution in [0.4, 0.5) is 0 Å². The van der Waals surface area contributed by atoms with Crippen LogP contribution in [0.3, 0.4) is 0 Å². The smallest absolute Gasteiger partial charge is 0.387 e. The number of hydrogen-bond donors (Lipinski definition) is 5. The zero-order valence-electron chi connectivity index (χ0n) is 10.6. The number of carbonyl (C=O) groups excluding carboxylic acids is 1. The number of methoxy groups -OCH3 is 1. The van der Waals surface area contributed by atoms with Crippen LogP contribution in [0.1, 0.15) is 6.92 Å². The Morgan fingerprint density at radius 1 is 1.55 bits per heavy atom. The maximum atomic E-state index is 11.1. The molecule has 7 N–H and O–H groups in total. The lowest BCUT2D eigenvalue weighted by Crippen LogP contribution is -2.67. The molecular weight excluding hydrogens is 302 g/mol. The summed E-state index contributed by atoms with van der Waals surface area (Å²) in [5.74, 6) is 3.68. The van der Waals surface area contributed by atoms with Gasteiger partial charge in [-0.05, 0) is 10.9 Å². The van der Waals surface area contributed by atoms with Gasteiger partial charge in [-0.25, -0.2) is 4.55 Å². The van der Waals surface area contributed by atoms with Gasteiger partial charge >= 0.3 is 16.4 Å². The summed E-state index contributed by atoms with van der Waals surface area (Å²) in [6.45, 7) is 1.03. The van der Waals surface area contributed by atoms with Crippen LogP contribution in [0, 0.1) is 0 Å². The molecule has 1 unspecified atom stereocenters. The van der Waals surface area contributed by atoms with Gasteiger partial charge in [0.25, 0.3) is 0 Å². The second kappa shape index (κ2) is 5.87. The van der Waals surface area contributed by atoms with Crippen LogP contribution in [0.5, 0.6) is 0 Å². The van der Waals surface area contributed by atoms with Crippen molar-refractivity contribution < 1.29 is 46.5 Å². The molecule has 1 heterocycles. The molecule has 6 atom stereocenters. The Hall–Kier alpha value is -0.860. The maximum Gasteiger partial charge on any atom is 0.590 e. The average molecular weight is 319 g/mol. The van der Waals surface area contributed by atoms with Gasteiger partial charge in [0.15, 0.2) is 19.5 Å². The minimum Gasteiger partial charge on any atom is -0.387 e. The van der Waals surface area contributed by atoms with Crippen LogP contribution in [0.15, 0.2) is 0 Å². The number of rotatable bonds is 3. The molecule has 0 aromatic rings. The fourth-order valence-corrected chi connectivity index (χ4v) is 2.20. The molecule has 0 bridgehead atoms. The van der Waals surface area contributed by atoms with E-state index in [-0.39, 0.29) is 0 Å². The molecule has 1 aliphatic rings. The van der Waals surface area contributed by atoms with Crippen LogP contribution in [-0.2, 0) is 28.0 Å². The van der Waals surface area contributed by atoms with E-state index in [4.69, 9.17) is 9.29 Å². The fraction of sp³-hybridized carbons (Fsp3) is 0.875. The van der Waals surface area contributed by atoms with Gasteiger partial charge in [-0.1, -0.05) is 0 Å². The zero-order chi connectivity index (χ0) is 15.7. The van der Waals surface area contributed by atoms with Crippen molar-refractivity contribution >= 4 is 16.4 Å². The summed E-state index contributed by atoms with van der Waals surface area (Å²) in [6.07, 6.45) is -7.40. The monoisotopic (exact) mass is 319 g/mol. The van der Waals surface area contributed by atoms with Gasteiger partial charge < -0.3 is 29.6 Å². The molecule has 0 spiro atoms. The second-order valence-electron chi connectivity index (χ2n) is 4.20. The molecule has 1 saturated heterocycles. The molecule has 11 nitrogen and oxygen atoms in total. The first-order valence-corrected chi connectivity index (χ1v) is 6.60. The standard InChI is InChI=1S/C8H15NO10S/c1-8(13)4(10)3(18-20(14,15)19-9)6(11)17-5(8)7(12)16-2/h3-6,10-11,13H,9H2,1-2H3/p+2/t3-,4-,5+,6-,8+/m1/s1. The number of ether oxygens (including phenoxy) is 2. The third-order valence-electron chi connectivity index (χ3n) is 2.79. The highest BCUT2D eigenvalue weighted by Crippen LogP contribution is 2.31. The van der Waals surface area contributed by atoms with Gasteiger partial charge in [0.05, 0.1) is 0 Å². The highest BCUT2D eigenvalue weighted by molar-refractivity contribution is 7.81. The van der Waals surface area contributed by atoms with Gasteiger partial charge in [0.2, 0.25) is 6.10 Å². The summed E-state index contributed by atoms with van der Waals surface area (Å²) in [4.78, 5) is 9.41. The molecule has 20 heavy (non-hydrogen) atoms. The Morgan fingerprint density at radius 3 is 2.55 bits per heavy atom. The van der Waals surface area contributed by atoms with Crippen LogP contribution >= 0.6 is 0 Å². The average Bonchev–Trinajstić information content (AvgIpc) is 2.38. The van der Waals surface area contributed by atoms with E-state index < -0.39 is 46.6 Å². The van der Waals surface area contributed by atoms with E-state index in [1.807, 2.05) is 0 Å². The minimum absolute atomic E-state index is 0.814. The first kappa shape index (κ1) is 17.2. The summed E-state index contributed by atoms with van der Waals surface area (Å²) in [6, 6.07) is 0. The fourth-order valence-electron chi connectivity index (χ4n) is 1.68. The van der Waals surface area contributed by atoms with Gasteiger partial charge in [-0.3, -0.25) is 0 Å². The van der Waals surface area contributed by atoms with Crippen molar-refractivity contribution in [1.82, 2.24) is 0 Å². The highest BCUT2D eigenvalue weighted by atomic mass is 32.3. The molecule has 118 valence electrons. The summed E-state index contributed by atoms with van der Waals surface area (Å²) < 4.78 is 37.4. The molecule has 0 saturated carbocycles. The number of aliphatic hydroxyl groups is 3. The minimum atomic E-state index is -4.46. The normalized spacial score (nSPS) is 40.8. The molecule has 0 aromatic carbocycles. The molecule has 1 rings (SSSR count). The Bertz CT molecular complexity index is 484. The second-order valence-corrected chi connectivity index (χ2v) is 5.44. The lowest BCUT2D eigenvalue weighted by atomic mass is 9.86. The van der Waals surface area contributed by atoms with Gasteiger partial charge in [-0.15, -0.1) is 4.21 Å². The molecule has 12 heteroatoms. The molecule has 0 amide bonds. The number of aliphatic hydroxyl groups excluding tert-OH is 2. The molecule has 0 aliphatic carbocycles. The van der Waals surface area contributed by atoms with E-state index >= 15 is 0 Å². The first-order valence-electron chi connectivity index (χ1n) is 5.23. The van der Waals surface area contributed by atoms with E-state index in [9.17, 15) is 24.3 Å². The van der Waals surface area contributed by atoms with Gasteiger partial charge in [0, 0.05) is 5.90 Å². The third-order valence-corrected chi connectivity index (χ3v) is 3.49. The van der Waals surface area contributed by atoms with E-state index in [2.05, 4.69) is 18.8 Å². The van der Waals surface area contributed by atoms with Crippen molar-refractivity contribution in [1.29, 1.82) is 0 Å². The van der Waals surface area contributed by atoms with Gasteiger partial charge in [-0.2, -0.15) is 4.18 Å². The van der Waals surface area contributed by atoms with Crippen molar-refractivity contribution in [2.24, 2.45) is 5.90 Å². The third kappa shape index (κ3) is 3.24. The van der Waals surface area contributed by atoms with Crippen molar-refractivity contribution in [2.45, 2.75) is 37.1 Å². The molecule has 1 fully saturated rings.